The number of carbonyl (C=O) groups is 1. The first-order chi connectivity index (χ1) is 10.4. The fraction of sp³-hybridized carbons (Fsp3) is 0.0667. The van der Waals surface area contributed by atoms with Crippen LogP contribution in [0.25, 0.3) is 0 Å². The standard InChI is InChI=1S/C15H12Br2N2O3/c1-8-4-9(14(21)12(17)5-8)7-18-19-15(22)11-6-10(16)2-3-13(11)20/h2-7,20-21H,1H3,(H,19,22)/b18-7+. The normalized spacial score (nSPS) is 10.9. The Balaban J connectivity index is 2.16. The van der Waals surface area contributed by atoms with E-state index in [0.717, 1.165) is 5.56 Å². The molecule has 0 heterocycles. The average molecular weight is 428 g/mol. The van der Waals surface area contributed by atoms with Gasteiger partial charge in [-0.25, -0.2) is 5.43 Å². The molecule has 0 spiro atoms. The van der Waals surface area contributed by atoms with Crippen molar-refractivity contribution >= 4 is 44.0 Å². The summed E-state index contributed by atoms with van der Waals surface area (Å²) in [5, 5.41) is 23.3. The van der Waals surface area contributed by atoms with Gasteiger partial charge in [-0.3, -0.25) is 4.79 Å². The van der Waals surface area contributed by atoms with Crippen LogP contribution < -0.4 is 5.43 Å². The lowest BCUT2D eigenvalue weighted by Crippen LogP contribution is -2.17. The number of aryl methyl sites for hydroxylation is 1. The Bertz CT molecular complexity index is 761. The van der Waals surface area contributed by atoms with E-state index in [2.05, 4.69) is 42.4 Å². The van der Waals surface area contributed by atoms with Gasteiger partial charge in [0.1, 0.15) is 11.5 Å². The minimum Gasteiger partial charge on any atom is -0.507 e. The van der Waals surface area contributed by atoms with Crippen LogP contribution in [0.1, 0.15) is 21.5 Å². The number of hydrogen-bond acceptors (Lipinski definition) is 4. The Morgan fingerprint density at radius 1 is 1.23 bits per heavy atom. The molecule has 22 heavy (non-hydrogen) atoms. The van der Waals surface area contributed by atoms with Crippen molar-refractivity contribution in [3.63, 3.8) is 0 Å². The maximum atomic E-state index is 11.9. The number of amides is 1. The van der Waals surface area contributed by atoms with Gasteiger partial charge in [0.2, 0.25) is 0 Å². The zero-order valence-electron chi connectivity index (χ0n) is 11.5. The summed E-state index contributed by atoms with van der Waals surface area (Å²) < 4.78 is 1.21. The minimum absolute atomic E-state index is 0.0360. The highest BCUT2D eigenvalue weighted by Gasteiger charge is 2.11. The van der Waals surface area contributed by atoms with E-state index < -0.39 is 5.91 Å². The van der Waals surface area contributed by atoms with Crippen LogP contribution in [-0.2, 0) is 0 Å². The lowest BCUT2D eigenvalue weighted by molar-refractivity contribution is 0.0952. The largest absolute Gasteiger partial charge is 0.507 e. The van der Waals surface area contributed by atoms with Crippen LogP contribution in [0.2, 0.25) is 0 Å². The highest BCUT2D eigenvalue weighted by molar-refractivity contribution is 9.10. The van der Waals surface area contributed by atoms with Crippen molar-refractivity contribution in [1.29, 1.82) is 0 Å². The van der Waals surface area contributed by atoms with Gasteiger partial charge in [-0.05, 0) is 58.7 Å². The molecule has 0 saturated heterocycles. The van der Waals surface area contributed by atoms with Crippen LogP contribution in [0.15, 0.2) is 44.4 Å². The molecule has 0 aliphatic rings. The summed E-state index contributed by atoms with van der Waals surface area (Å²) in [7, 11) is 0. The Hall–Kier alpha value is -1.86. The number of carbonyl (C=O) groups excluding carboxylic acids is 1. The number of nitrogens with one attached hydrogen (secondary N) is 1. The minimum atomic E-state index is -0.554. The number of hydrogen-bond donors (Lipinski definition) is 3. The smallest absolute Gasteiger partial charge is 0.275 e. The van der Waals surface area contributed by atoms with E-state index in [9.17, 15) is 15.0 Å². The Kier molecular flexibility index (Phi) is 5.20. The molecule has 0 saturated carbocycles. The molecule has 0 aliphatic carbocycles. The fourth-order valence-electron chi connectivity index (χ4n) is 1.77. The van der Waals surface area contributed by atoms with Gasteiger partial charge < -0.3 is 10.2 Å². The molecule has 2 rings (SSSR count). The van der Waals surface area contributed by atoms with E-state index >= 15 is 0 Å². The maximum absolute atomic E-state index is 11.9. The zero-order valence-corrected chi connectivity index (χ0v) is 14.6. The Labute approximate surface area is 143 Å². The molecule has 2 aromatic carbocycles. The number of phenolic OH excluding ortho intramolecular Hbond substituents is 2. The van der Waals surface area contributed by atoms with Crippen molar-refractivity contribution in [3.8, 4) is 11.5 Å². The van der Waals surface area contributed by atoms with E-state index in [1.54, 1.807) is 18.2 Å². The van der Waals surface area contributed by atoms with E-state index in [1.165, 1.54) is 18.3 Å². The van der Waals surface area contributed by atoms with Crippen molar-refractivity contribution in [2.75, 3.05) is 0 Å². The third-order valence-electron chi connectivity index (χ3n) is 2.81. The highest BCUT2D eigenvalue weighted by atomic mass is 79.9. The van der Waals surface area contributed by atoms with E-state index in [-0.39, 0.29) is 17.1 Å². The van der Waals surface area contributed by atoms with E-state index in [4.69, 9.17) is 0 Å². The monoisotopic (exact) mass is 426 g/mol. The molecule has 7 heteroatoms. The summed E-state index contributed by atoms with van der Waals surface area (Å²) in [5.74, 6) is -0.660. The predicted molar refractivity (Wildman–Crippen MR) is 91.4 cm³/mol. The molecule has 114 valence electrons. The molecule has 1 amide bonds. The Morgan fingerprint density at radius 2 is 1.95 bits per heavy atom. The first kappa shape index (κ1) is 16.5. The van der Waals surface area contributed by atoms with Crippen LogP contribution in [0.4, 0.5) is 0 Å². The number of aromatic hydroxyl groups is 2. The van der Waals surface area contributed by atoms with Crippen LogP contribution in [0.3, 0.4) is 0 Å². The van der Waals surface area contributed by atoms with Crippen LogP contribution in [0.5, 0.6) is 11.5 Å². The quantitative estimate of drug-likeness (QED) is 0.516. The lowest BCUT2D eigenvalue weighted by atomic mass is 10.1. The molecule has 0 aliphatic heterocycles. The van der Waals surface area contributed by atoms with Gasteiger partial charge in [-0.15, -0.1) is 0 Å². The van der Waals surface area contributed by atoms with Gasteiger partial charge >= 0.3 is 0 Å². The molecule has 0 fully saturated rings. The van der Waals surface area contributed by atoms with E-state index in [0.29, 0.717) is 14.5 Å². The zero-order chi connectivity index (χ0) is 16.3. The van der Waals surface area contributed by atoms with Crippen molar-refractivity contribution < 1.29 is 15.0 Å². The van der Waals surface area contributed by atoms with Gasteiger partial charge in [0.25, 0.3) is 5.91 Å². The number of halogens is 2. The topological polar surface area (TPSA) is 81.9 Å². The first-order valence-corrected chi connectivity index (χ1v) is 7.78. The number of phenols is 2. The molecule has 0 aromatic heterocycles. The van der Waals surface area contributed by atoms with Gasteiger partial charge in [0.05, 0.1) is 16.3 Å². The number of benzene rings is 2. The van der Waals surface area contributed by atoms with Gasteiger partial charge in [0.15, 0.2) is 0 Å². The summed E-state index contributed by atoms with van der Waals surface area (Å²) in [4.78, 5) is 11.9. The molecule has 0 bridgehead atoms. The summed E-state index contributed by atoms with van der Waals surface area (Å²) in [6.45, 7) is 1.87. The number of nitrogens with zero attached hydrogens (tertiary/aromatic N) is 1. The molecule has 2 aromatic rings. The van der Waals surface area contributed by atoms with Crippen molar-refractivity contribution in [1.82, 2.24) is 5.43 Å². The molecule has 0 atom stereocenters. The molecule has 0 unspecified atom stereocenters. The second kappa shape index (κ2) is 6.93. The van der Waals surface area contributed by atoms with Crippen LogP contribution in [0, 0.1) is 6.92 Å². The highest BCUT2D eigenvalue weighted by Crippen LogP contribution is 2.28. The summed E-state index contributed by atoms with van der Waals surface area (Å²) in [6.07, 6.45) is 1.33. The molecular weight excluding hydrogens is 416 g/mol. The van der Waals surface area contributed by atoms with Gasteiger partial charge in [0, 0.05) is 10.0 Å². The molecular formula is C15H12Br2N2O3. The van der Waals surface area contributed by atoms with Crippen molar-refractivity contribution in [3.05, 3.63) is 56.0 Å². The molecule has 3 N–H and O–H groups in total. The lowest BCUT2D eigenvalue weighted by Gasteiger charge is -2.05. The van der Waals surface area contributed by atoms with Crippen LogP contribution in [-0.4, -0.2) is 22.3 Å². The van der Waals surface area contributed by atoms with Crippen molar-refractivity contribution in [2.24, 2.45) is 5.10 Å². The SMILES string of the molecule is Cc1cc(Br)c(O)c(/C=N/NC(=O)c2cc(Br)ccc2O)c1. The number of hydrazone groups is 1. The van der Waals surface area contributed by atoms with E-state index in [1.807, 2.05) is 6.92 Å². The predicted octanol–water partition coefficient (Wildman–Crippen LogP) is 3.70. The van der Waals surface area contributed by atoms with Crippen molar-refractivity contribution in [2.45, 2.75) is 6.92 Å². The third kappa shape index (κ3) is 3.86. The van der Waals surface area contributed by atoms with Gasteiger partial charge in [-0.1, -0.05) is 15.9 Å². The van der Waals surface area contributed by atoms with Crippen LogP contribution >= 0.6 is 31.9 Å². The summed E-state index contributed by atoms with van der Waals surface area (Å²) >= 11 is 6.46. The second-order valence-corrected chi connectivity index (χ2v) is 6.32. The third-order valence-corrected chi connectivity index (χ3v) is 3.91. The Morgan fingerprint density at radius 3 is 2.68 bits per heavy atom. The number of rotatable bonds is 3. The average Bonchev–Trinajstić information content (AvgIpc) is 2.46. The molecule has 5 nitrogen and oxygen atoms in total. The summed E-state index contributed by atoms with van der Waals surface area (Å²) in [6, 6.07) is 8.02. The summed E-state index contributed by atoms with van der Waals surface area (Å²) in [5.41, 5.74) is 3.80. The second-order valence-electron chi connectivity index (χ2n) is 4.55. The fourth-order valence-corrected chi connectivity index (χ4v) is 2.72. The first-order valence-electron chi connectivity index (χ1n) is 6.19. The maximum Gasteiger partial charge on any atom is 0.275 e. The molecule has 0 radical (unpaired) electrons. The van der Waals surface area contributed by atoms with Gasteiger partial charge in [-0.2, -0.15) is 5.10 Å².